The Kier molecular flexibility index (Phi) is 17.0. The van der Waals surface area contributed by atoms with Crippen molar-refractivity contribution in [2.75, 3.05) is 0 Å². The van der Waals surface area contributed by atoms with E-state index in [1.165, 1.54) is 257 Å². The van der Waals surface area contributed by atoms with Gasteiger partial charge in [0.25, 0.3) is 0 Å². The molecular formula is C49H88N4P2. The van der Waals surface area contributed by atoms with Crippen molar-refractivity contribution in [3.8, 4) is 5.37 Å². The van der Waals surface area contributed by atoms with E-state index >= 15 is 0 Å². The van der Waals surface area contributed by atoms with Gasteiger partial charge in [-0.2, -0.15) is 0 Å². The number of hydrogen-bond acceptors (Lipinski definition) is 4. The first-order valence-corrected chi connectivity index (χ1v) is 28.3. The fraction of sp³-hybridized carbons (Fsp3) is 0.980. The van der Waals surface area contributed by atoms with Gasteiger partial charge in [-0.1, -0.05) is 154 Å². The molecule has 0 N–H and O–H groups in total. The van der Waals surface area contributed by atoms with Crippen LogP contribution >= 0.6 is 15.9 Å². The summed E-state index contributed by atoms with van der Waals surface area (Å²) >= 11 is 0. The Hall–Kier alpha value is 0.350. The molecule has 8 aliphatic carbocycles. The lowest BCUT2D eigenvalue weighted by Gasteiger charge is -2.53. The minimum atomic E-state index is -0.605. The van der Waals surface area contributed by atoms with E-state index in [0.29, 0.717) is 0 Å². The van der Waals surface area contributed by atoms with Crippen LogP contribution in [0, 0.1) is 5.37 Å². The maximum atomic E-state index is 5.27. The van der Waals surface area contributed by atoms with Crippen LogP contribution in [-0.4, -0.2) is 67.0 Å². The molecule has 0 radical (unpaired) electrons. The predicted molar refractivity (Wildman–Crippen MR) is 240 cm³/mol. The first-order chi connectivity index (χ1) is 27.3. The Morgan fingerprint density at radius 1 is 0.218 bits per heavy atom. The van der Waals surface area contributed by atoms with Crippen LogP contribution in [-0.2, 0) is 0 Å². The van der Waals surface area contributed by atoms with Gasteiger partial charge in [0.2, 0.25) is 0 Å². The van der Waals surface area contributed by atoms with E-state index in [4.69, 9.17) is 5.37 Å². The summed E-state index contributed by atoms with van der Waals surface area (Å²) < 4.78 is 13.7. The fourth-order valence-electron chi connectivity index (χ4n) is 13.7. The van der Waals surface area contributed by atoms with Gasteiger partial charge in [-0.25, -0.2) is 9.34 Å². The summed E-state index contributed by atoms with van der Waals surface area (Å²) in [4.78, 5) is 0. The molecule has 0 aromatic heterocycles. The van der Waals surface area contributed by atoms with E-state index in [1.54, 1.807) is 0 Å². The zero-order valence-corrected chi connectivity index (χ0v) is 37.9. The second-order valence-corrected chi connectivity index (χ2v) is 24.3. The van der Waals surface area contributed by atoms with Gasteiger partial charge in [-0.15, -0.1) is 0 Å². The first kappa shape index (κ1) is 42.1. The molecule has 8 fully saturated rings. The van der Waals surface area contributed by atoms with E-state index in [2.05, 4.69) is 18.7 Å². The maximum absolute atomic E-state index is 5.27. The zero-order valence-electron chi connectivity index (χ0n) is 36.1. The summed E-state index contributed by atoms with van der Waals surface area (Å²) in [5.41, 5.74) is 0. The van der Waals surface area contributed by atoms with Gasteiger partial charge in [-0.3, -0.25) is 9.34 Å². The molecule has 0 saturated heterocycles. The van der Waals surface area contributed by atoms with Crippen molar-refractivity contribution >= 4 is 15.9 Å². The largest absolute Gasteiger partial charge is 0.254 e. The Morgan fingerprint density at radius 3 is 0.564 bits per heavy atom. The third-order valence-corrected chi connectivity index (χ3v) is 22.4. The molecule has 6 heteroatoms. The molecule has 0 unspecified atom stereocenters. The Labute approximate surface area is 343 Å². The SMILES string of the molecule is C(P(N(C1CCCCC1)C1CCCCC1)N(C1CCCCC1)C1CCCCC1)#P(N(C1CCCCC1)C1CCCCC1)N(C1CCCCC1)C1CCCCC1. The summed E-state index contributed by atoms with van der Waals surface area (Å²) in [5.74, 6) is 0. The van der Waals surface area contributed by atoms with Gasteiger partial charge in [0.1, 0.15) is 8.22 Å². The Morgan fingerprint density at radius 2 is 0.382 bits per heavy atom. The van der Waals surface area contributed by atoms with Gasteiger partial charge in [0.15, 0.2) is 0 Å². The van der Waals surface area contributed by atoms with Crippen LogP contribution < -0.4 is 0 Å². The van der Waals surface area contributed by atoms with Gasteiger partial charge in [0.05, 0.1) is 0 Å². The van der Waals surface area contributed by atoms with Crippen molar-refractivity contribution < 1.29 is 0 Å². The quantitative estimate of drug-likeness (QED) is 0.204. The highest BCUT2D eigenvalue weighted by molar-refractivity contribution is 7.65. The molecule has 55 heavy (non-hydrogen) atoms. The van der Waals surface area contributed by atoms with E-state index in [-0.39, 0.29) is 0 Å². The normalized spacial score (nSPS) is 28.2. The molecule has 314 valence electrons. The standard InChI is InChI=1S/C49H88N4P2/c1-9-25-42(26-10-1)50(43-27-11-2-12-28-43)54(51(44-29-13-3-14-30-44)45-31-15-4-16-32-45)41-55(52(46-33-17-5-18-34-46)47-35-19-6-20-36-47)53(48-37-21-7-22-38-48)49-39-23-8-24-40-49/h42-49H,1-40H2. The Bertz CT molecular complexity index is 1010. The predicted octanol–water partition coefficient (Wildman–Crippen LogP) is 15.4. The molecule has 0 heterocycles. The zero-order chi connectivity index (χ0) is 37.1. The van der Waals surface area contributed by atoms with Crippen LogP contribution in [0.1, 0.15) is 257 Å². The number of nitrogens with zero attached hydrogens (tertiary/aromatic N) is 4. The second-order valence-electron chi connectivity index (χ2n) is 20.5. The highest BCUT2D eigenvalue weighted by Gasteiger charge is 2.45. The van der Waals surface area contributed by atoms with Crippen molar-refractivity contribution in [2.24, 2.45) is 0 Å². The van der Waals surface area contributed by atoms with Gasteiger partial charge in [0, 0.05) is 56.0 Å². The average molecular weight is 795 g/mol. The van der Waals surface area contributed by atoms with E-state index in [1.807, 2.05) is 0 Å². The fourth-order valence-corrected chi connectivity index (χ4v) is 20.8. The minimum absolute atomic E-state index is 0.605. The average Bonchev–Trinajstić information content (AvgIpc) is 3.27. The summed E-state index contributed by atoms with van der Waals surface area (Å²) in [6.45, 7) is 0. The summed E-state index contributed by atoms with van der Waals surface area (Å²) in [6, 6.07) is 6.43. The molecule has 8 rings (SSSR count). The van der Waals surface area contributed by atoms with Crippen molar-refractivity contribution in [1.29, 1.82) is 0 Å². The number of hydrogen-bond donors (Lipinski definition) is 0. The van der Waals surface area contributed by atoms with Gasteiger partial charge < -0.3 is 0 Å². The van der Waals surface area contributed by atoms with Crippen LogP contribution in [0.2, 0.25) is 0 Å². The topological polar surface area (TPSA) is 13.0 Å². The second kappa shape index (κ2) is 22.3. The summed E-state index contributed by atoms with van der Waals surface area (Å²) in [6.07, 6.45) is 59.1. The third kappa shape index (κ3) is 11.0. The highest BCUT2D eigenvalue weighted by atomic mass is 31.2. The molecule has 0 amide bonds. The maximum Gasteiger partial charge on any atom is 0.121 e. The first-order valence-electron chi connectivity index (χ1n) is 25.8. The van der Waals surface area contributed by atoms with E-state index < -0.39 is 15.9 Å². The van der Waals surface area contributed by atoms with Gasteiger partial charge >= 0.3 is 0 Å². The van der Waals surface area contributed by atoms with Crippen molar-refractivity contribution in [3.05, 3.63) is 0 Å². The summed E-state index contributed by atoms with van der Waals surface area (Å²) in [7, 11) is -1.21. The summed E-state index contributed by atoms with van der Waals surface area (Å²) in [5, 5.41) is 5.27. The lowest BCUT2D eigenvalue weighted by atomic mass is 9.90. The Balaban J connectivity index is 1.35. The third-order valence-electron chi connectivity index (χ3n) is 16.6. The number of rotatable bonds is 10. The van der Waals surface area contributed by atoms with Crippen molar-refractivity contribution in [2.45, 2.75) is 305 Å². The van der Waals surface area contributed by atoms with Crippen molar-refractivity contribution in [1.82, 2.24) is 18.7 Å². The molecule has 0 atom stereocenters. The highest BCUT2D eigenvalue weighted by Crippen LogP contribution is 2.60. The van der Waals surface area contributed by atoms with Crippen LogP contribution in [0.4, 0.5) is 0 Å². The van der Waals surface area contributed by atoms with Gasteiger partial charge in [-0.05, 0) is 108 Å². The lowest BCUT2D eigenvalue weighted by Crippen LogP contribution is -2.50. The van der Waals surface area contributed by atoms with E-state index in [0.717, 1.165) is 48.3 Å². The van der Waals surface area contributed by atoms with Crippen molar-refractivity contribution in [3.63, 3.8) is 0 Å². The lowest BCUT2D eigenvalue weighted by molar-refractivity contribution is 0.134. The van der Waals surface area contributed by atoms with Crippen LogP contribution in [0.5, 0.6) is 0 Å². The molecular weight excluding hydrogens is 707 g/mol. The molecule has 4 nitrogen and oxygen atoms in total. The molecule has 0 aliphatic heterocycles. The van der Waals surface area contributed by atoms with Crippen LogP contribution in [0.25, 0.3) is 0 Å². The van der Waals surface area contributed by atoms with Crippen LogP contribution in [0.15, 0.2) is 0 Å². The minimum Gasteiger partial charge on any atom is -0.254 e. The monoisotopic (exact) mass is 795 g/mol. The molecule has 0 bridgehead atoms. The molecule has 0 aromatic rings. The molecule has 8 saturated carbocycles. The molecule has 0 spiro atoms. The molecule has 0 aromatic carbocycles. The smallest absolute Gasteiger partial charge is 0.121 e. The molecule has 8 aliphatic rings. The van der Waals surface area contributed by atoms with E-state index in [9.17, 15) is 0 Å². The van der Waals surface area contributed by atoms with Crippen LogP contribution in [0.3, 0.4) is 0 Å².